The summed E-state index contributed by atoms with van der Waals surface area (Å²) >= 11 is 1.26. The molecule has 130 valence electrons. The van der Waals surface area contributed by atoms with Gasteiger partial charge >= 0.3 is 0 Å². The highest BCUT2D eigenvalue weighted by Gasteiger charge is 2.18. The Balaban J connectivity index is 2.19. The molecule has 1 aromatic heterocycles. The van der Waals surface area contributed by atoms with E-state index in [1.165, 1.54) is 17.5 Å². The molecule has 1 N–H and O–H groups in total. The Hall–Kier alpha value is -1.77. The van der Waals surface area contributed by atoms with E-state index in [1.807, 2.05) is 6.92 Å². The van der Waals surface area contributed by atoms with Gasteiger partial charge in [0, 0.05) is 6.61 Å². The van der Waals surface area contributed by atoms with E-state index in [0.717, 1.165) is 5.56 Å². The van der Waals surface area contributed by atoms with E-state index in [0.29, 0.717) is 18.1 Å². The molecule has 6 nitrogen and oxygen atoms in total. The van der Waals surface area contributed by atoms with Crippen LogP contribution in [0.25, 0.3) is 0 Å². The number of aromatic nitrogens is 1. The number of hydrogen-bond donors (Lipinski definition) is 1. The van der Waals surface area contributed by atoms with E-state index in [4.69, 9.17) is 4.74 Å². The molecule has 0 fully saturated rings. The van der Waals surface area contributed by atoms with Crippen molar-refractivity contribution in [2.45, 2.75) is 24.8 Å². The third-order valence-corrected chi connectivity index (χ3v) is 5.99. The Morgan fingerprint density at radius 2 is 2.00 bits per heavy atom. The molecule has 1 heterocycles. The van der Waals surface area contributed by atoms with Gasteiger partial charge in [-0.25, -0.2) is 8.42 Å². The molecule has 8 heteroatoms. The normalized spacial score (nSPS) is 12.8. The molecule has 0 aliphatic heterocycles. The minimum atomic E-state index is -3.24. The molecule has 2 aromatic rings. The minimum Gasteiger partial charge on any atom is -0.379 e. The van der Waals surface area contributed by atoms with Gasteiger partial charge in [-0.1, -0.05) is 19.1 Å². The van der Waals surface area contributed by atoms with Crippen molar-refractivity contribution in [1.82, 2.24) is 10.3 Å². The number of carbonyl (C=O) groups excluding carboxylic acids is 1. The van der Waals surface area contributed by atoms with Gasteiger partial charge in [0.1, 0.15) is 4.88 Å². The molecular weight excluding hydrogens is 348 g/mol. The number of sulfone groups is 1. The SMILES string of the molecule is CCOC[C@H](NC(=O)c1cncs1)c1ccc(S(=O)(=O)CC)cc1. The maximum Gasteiger partial charge on any atom is 0.263 e. The van der Waals surface area contributed by atoms with Crippen molar-refractivity contribution < 1.29 is 17.9 Å². The van der Waals surface area contributed by atoms with E-state index in [1.54, 1.807) is 36.7 Å². The highest BCUT2D eigenvalue weighted by Crippen LogP contribution is 2.19. The van der Waals surface area contributed by atoms with Crippen LogP contribution in [0, 0.1) is 0 Å². The average Bonchev–Trinajstić information content (AvgIpc) is 3.13. The summed E-state index contributed by atoms with van der Waals surface area (Å²) < 4.78 is 29.2. The third-order valence-electron chi connectivity index (χ3n) is 3.47. The van der Waals surface area contributed by atoms with Crippen molar-refractivity contribution in [1.29, 1.82) is 0 Å². The third kappa shape index (κ3) is 4.62. The van der Waals surface area contributed by atoms with Crippen LogP contribution in [-0.2, 0) is 14.6 Å². The van der Waals surface area contributed by atoms with Gasteiger partial charge < -0.3 is 10.1 Å². The van der Waals surface area contributed by atoms with Crippen LogP contribution < -0.4 is 5.32 Å². The molecule has 1 aromatic carbocycles. The van der Waals surface area contributed by atoms with Crippen molar-refractivity contribution >= 4 is 27.1 Å². The van der Waals surface area contributed by atoms with Crippen LogP contribution in [0.2, 0.25) is 0 Å². The molecule has 24 heavy (non-hydrogen) atoms. The van der Waals surface area contributed by atoms with Gasteiger partial charge in [0.15, 0.2) is 9.84 Å². The topological polar surface area (TPSA) is 85.4 Å². The van der Waals surface area contributed by atoms with E-state index in [2.05, 4.69) is 10.3 Å². The summed E-state index contributed by atoms with van der Waals surface area (Å²) in [5, 5.41) is 2.90. The number of benzene rings is 1. The predicted octanol–water partition coefficient (Wildman–Crippen LogP) is 2.44. The van der Waals surface area contributed by atoms with Crippen molar-refractivity contribution in [3.8, 4) is 0 Å². The van der Waals surface area contributed by atoms with Gasteiger partial charge in [0.25, 0.3) is 5.91 Å². The Bertz CT molecular complexity index is 756. The van der Waals surface area contributed by atoms with Gasteiger partial charge in [0.05, 0.1) is 35.0 Å². The molecule has 0 unspecified atom stereocenters. The van der Waals surface area contributed by atoms with E-state index < -0.39 is 9.84 Å². The molecule has 1 atom stereocenters. The van der Waals surface area contributed by atoms with Gasteiger partial charge in [-0.3, -0.25) is 9.78 Å². The molecule has 0 radical (unpaired) electrons. The van der Waals surface area contributed by atoms with Crippen LogP contribution in [0.15, 0.2) is 40.9 Å². The number of thiazole rings is 1. The summed E-state index contributed by atoms with van der Waals surface area (Å²) in [7, 11) is -3.24. The zero-order valence-electron chi connectivity index (χ0n) is 13.6. The highest BCUT2D eigenvalue weighted by molar-refractivity contribution is 7.91. The summed E-state index contributed by atoms with van der Waals surface area (Å²) in [6, 6.07) is 6.17. The zero-order chi connectivity index (χ0) is 17.6. The number of nitrogens with one attached hydrogen (secondary N) is 1. The van der Waals surface area contributed by atoms with Gasteiger partial charge in [-0.2, -0.15) is 0 Å². The monoisotopic (exact) mass is 368 g/mol. The average molecular weight is 368 g/mol. The molecule has 0 aliphatic rings. The van der Waals surface area contributed by atoms with E-state index >= 15 is 0 Å². The number of hydrogen-bond acceptors (Lipinski definition) is 6. The van der Waals surface area contributed by atoms with Crippen LogP contribution in [0.4, 0.5) is 0 Å². The second kappa shape index (κ2) is 8.36. The van der Waals surface area contributed by atoms with Crippen LogP contribution in [0.3, 0.4) is 0 Å². The second-order valence-electron chi connectivity index (χ2n) is 5.02. The Kier molecular flexibility index (Phi) is 6.47. The molecule has 2 rings (SSSR count). The first-order valence-electron chi connectivity index (χ1n) is 7.57. The smallest absolute Gasteiger partial charge is 0.263 e. The lowest BCUT2D eigenvalue weighted by molar-refractivity contribution is 0.0860. The molecule has 0 spiro atoms. The molecule has 0 aliphatic carbocycles. The fraction of sp³-hybridized carbons (Fsp3) is 0.375. The molecule has 1 amide bonds. The van der Waals surface area contributed by atoms with Crippen LogP contribution in [0.1, 0.15) is 35.1 Å². The lowest BCUT2D eigenvalue weighted by Crippen LogP contribution is -2.31. The van der Waals surface area contributed by atoms with Crippen LogP contribution in [0.5, 0.6) is 0 Å². The standard InChI is InChI=1S/C16H20N2O4S2/c1-3-22-10-14(18-16(19)15-9-17-11-23-15)12-5-7-13(8-6-12)24(20,21)4-2/h5-9,11,14H,3-4,10H2,1-2H3,(H,18,19)/t14-/m0/s1. The Labute approximate surface area is 145 Å². The second-order valence-corrected chi connectivity index (χ2v) is 8.19. The zero-order valence-corrected chi connectivity index (χ0v) is 15.2. The summed E-state index contributed by atoms with van der Waals surface area (Å²) in [5.41, 5.74) is 2.38. The summed E-state index contributed by atoms with van der Waals surface area (Å²) in [4.78, 5) is 16.9. The van der Waals surface area contributed by atoms with E-state index in [-0.39, 0.29) is 22.6 Å². The first kappa shape index (κ1) is 18.6. The summed E-state index contributed by atoms with van der Waals surface area (Å²) in [6.07, 6.45) is 1.51. The van der Waals surface area contributed by atoms with Crippen molar-refractivity contribution in [2.75, 3.05) is 19.0 Å². The first-order chi connectivity index (χ1) is 11.5. The lowest BCUT2D eigenvalue weighted by atomic mass is 10.1. The summed E-state index contributed by atoms with van der Waals surface area (Å²) in [5.74, 6) is -0.177. The largest absolute Gasteiger partial charge is 0.379 e. The predicted molar refractivity (Wildman–Crippen MR) is 93.0 cm³/mol. The van der Waals surface area contributed by atoms with Crippen LogP contribution in [-0.4, -0.2) is 38.3 Å². The molecule has 0 saturated heterocycles. The van der Waals surface area contributed by atoms with Gasteiger partial charge in [-0.15, -0.1) is 11.3 Å². The quantitative estimate of drug-likeness (QED) is 0.773. The Morgan fingerprint density at radius 3 is 2.54 bits per heavy atom. The lowest BCUT2D eigenvalue weighted by Gasteiger charge is -2.19. The van der Waals surface area contributed by atoms with Crippen molar-refractivity contribution in [3.05, 3.63) is 46.4 Å². The first-order valence-corrected chi connectivity index (χ1v) is 10.1. The number of amides is 1. The maximum atomic E-state index is 12.2. The van der Waals surface area contributed by atoms with Crippen LogP contribution >= 0.6 is 11.3 Å². The Morgan fingerprint density at radius 1 is 1.29 bits per heavy atom. The molecule has 0 saturated carbocycles. The van der Waals surface area contributed by atoms with Crippen molar-refractivity contribution in [3.63, 3.8) is 0 Å². The van der Waals surface area contributed by atoms with Gasteiger partial charge in [-0.05, 0) is 24.6 Å². The fourth-order valence-corrected chi connectivity index (χ4v) is 3.50. The van der Waals surface area contributed by atoms with Crippen molar-refractivity contribution in [2.24, 2.45) is 0 Å². The highest BCUT2D eigenvalue weighted by atomic mass is 32.2. The number of nitrogens with zero attached hydrogens (tertiary/aromatic N) is 1. The maximum absolute atomic E-state index is 12.2. The fourth-order valence-electron chi connectivity index (χ4n) is 2.09. The number of rotatable bonds is 8. The van der Waals surface area contributed by atoms with E-state index in [9.17, 15) is 13.2 Å². The molecular formula is C16H20N2O4S2. The minimum absolute atomic E-state index is 0.0524. The van der Waals surface area contributed by atoms with Gasteiger partial charge in [0.2, 0.25) is 0 Å². The summed E-state index contributed by atoms with van der Waals surface area (Å²) in [6.45, 7) is 4.31. The number of ether oxygens (including phenoxy) is 1. The molecule has 0 bridgehead atoms. The number of carbonyl (C=O) groups is 1.